The number of methoxy groups -OCH3 is 1. The summed E-state index contributed by atoms with van der Waals surface area (Å²) in [5, 5.41) is 0. The number of hydrogen-bond acceptors (Lipinski definition) is 3. The van der Waals surface area contributed by atoms with E-state index in [1.54, 1.807) is 7.11 Å². The molecular formula is C17H27NO2. The molecule has 0 aliphatic carbocycles. The van der Waals surface area contributed by atoms with Crippen LogP contribution in [0.2, 0.25) is 0 Å². The lowest BCUT2D eigenvalue weighted by molar-refractivity contribution is 0.0224. The van der Waals surface area contributed by atoms with Gasteiger partial charge in [-0.25, -0.2) is 0 Å². The van der Waals surface area contributed by atoms with E-state index in [0.717, 1.165) is 50.0 Å². The first-order valence-corrected chi connectivity index (χ1v) is 7.70. The van der Waals surface area contributed by atoms with Crippen molar-refractivity contribution in [2.75, 3.05) is 7.11 Å². The normalized spacial score (nSPS) is 22.8. The van der Waals surface area contributed by atoms with Crippen LogP contribution in [-0.2, 0) is 6.42 Å². The third-order valence-electron chi connectivity index (χ3n) is 4.21. The van der Waals surface area contributed by atoms with Gasteiger partial charge in [0.25, 0.3) is 0 Å². The first-order chi connectivity index (χ1) is 9.60. The molecule has 0 radical (unpaired) electrons. The van der Waals surface area contributed by atoms with E-state index in [0.29, 0.717) is 0 Å². The molecular weight excluding hydrogens is 250 g/mol. The van der Waals surface area contributed by atoms with Crippen LogP contribution in [0.15, 0.2) is 18.2 Å². The molecule has 2 unspecified atom stereocenters. The molecule has 2 atom stereocenters. The molecule has 1 aromatic rings. The Hall–Kier alpha value is -1.22. The first-order valence-electron chi connectivity index (χ1n) is 7.70. The van der Waals surface area contributed by atoms with Crippen molar-refractivity contribution in [2.45, 2.75) is 64.0 Å². The Morgan fingerprint density at radius 2 is 2.20 bits per heavy atom. The zero-order chi connectivity index (χ0) is 14.6. The Labute approximate surface area is 122 Å². The number of nitrogens with two attached hydrogens (primary N) is 1. The highest BCUT2D eigenvalue weighted by Gasteiger charge is 2.36. The average Bonchev–Trinajstić information content (AvgIpc) is 2.45. The SMILES string of the molecule is CCCC1(CCC(C)N)CCc2cccc(OC)c2O1. The maximum atomic E-state index is 6.45. The summed E-state index contributed by atoms with van der Waals surface area (Å²) in [6, 6.07) is 6.38. The molecule has 0 amide bonds. The van der Waals surface area contributed by atoms with E-state index in [1.165, 1.54) is 5.56 Å². The van der Waals surface area contributed by atoms with Gasteiger partial charge < -0.3 is 15.2 Å². The molecule has 1 aromatic carbocycles. The molecule has 20 heavy (non-hydrogen) atoms. The van der Waals surface area contributed by atoms with Gasteiger partial charge in [0.15, 0.2) is 11.5 Å². The van der Waals surface area contributed by atoms with Crippen LogP contribution in [0.1, 0.15) is 51.5 Å². The van der Waals surface area contributed by atoms with E-state index in [2.05, 4.69) is 19.9 Å². The molecule has 0 fully saturated rings. The molecule has 0 saturated heterocycles. The number of rotatable bonds is 6. The molecule has 2 N–H and O–H groups in total. The lowest BCUT2D eigenvalue weighted by Crippen LogP contribution is -2.40. The molecule has 1 heterocycles. The zero-order valence-corrected chi connectivity index (χ0v) is 12.9. The minimum absolute atomic E-state index is 0.0655. The lowest BCUT2D eigenvalue weighted by atomic mass is 9.83. The van der Waals surface area contributed by atoms with Crippen LogP contribution in [0.5, 0.6) is 11.5 Å². The van der Waals surface area contributed by atoms with Crippen molar-refractivity contribution in [3.05, 3.63) is 23.8 Å². The van der Waals surface area contributed by atoms with E-state index in [-0.39, 0.29) is 11.6 Å². The van der Waals surface area contributed by atoms with Crippen LogP contribution in [0, 0.1) is 0 Å². The predicted molar refractivity (Wildman–Crippen MR) is 82.5 cm³/mol. The van der Waals surface area contributed by atoms with Crippen molar-refractivity contribution in [1.82, 2.24) is 0 Å². The van der Waals surface area contributed by atoms with Crippen LogP contribution in [-0.4, -0.2) is 18.8 Å². The Morgan fingerprint density at radius 1 is 1.40 bits per heavy atom. The minimum atomic E-state index is -0.0655. The molecule has 112 valence electrons. The predicted octanol–water partition coefficient (Wildman–Crippen LogP) is 3.69. The van der Waals surface area contributed by atoms with Crippen molar-refractivity contribution >= 4 is 0 Å². The summed E-state index contributed by atoms with van der Waals surface area (Å²) in [5.41, 5.74) is 7.13. The maximum Gasteiger partial charge on any atom is 0.165 e. The number of ether oxygens (including phenoxy) is 2. The molecule has 1 aliphatic heterocycles. The smallest absolute Gasteiger partial charge is 0.165 e. The maximum absolute atomic E-state index is 6.45. The third kappa shape index (κ3) is 3.26. The summed E-state index contributed by atoms with van der Waals surface area (Å²) in [6.07, 6.45) is 6.38. The van der Waals surface area contributed by atoms with Crippen molar-refractivity contribution in [2.24, 2.45) is 5.73 Å². The molecule has 0 aromatic heterocycles. The fourth-order valence-corrected chi connectivity index (χ4v) is 3.09. The summed E-state index contributed by atoms with van der Waals surface area (Å²) >= 11 is 0. The summed E-state index contributed by atoms with van der Waals surface area (Å²) in [5.74, 6) is 1.79. The van der Waals surface area contributed by atoms with E-state index in [4.69, 9.17) is 15.2 Å². The quantitative estimate of drug-likeness (QED) is 0.862. The largest absolute Gasteiger partial charge is 0.493 e. The average molecular weight is 277 g/mol. The fourth-order valence-electron chi connectivity index (χ4n) is 3.09. The van der Waals surface area contributed by atoms with E-state index >= 15 is 0 Å². The van der Waals surface area contributed by atoms with Gasteiger partial charge in [-0.1, -0.05) is 25.5 Å². The second-order valence-corrected chi connectivity index (χ2v) is 6.00. The highest BCUT2D eigenvalue weighted by molar-refractivity contribution is 5.48. The molecule has 0 saturated carbocycles. The second-order valence-electron chi connectivity index (χ2n) is 6.00. The number of hydrogen-bond donors (Lipinski definition) is 1. The van der Waals surface area contributed by atoms with Gasteiger partial charge in [-0.3, -0.25) is 0 Å². The Morgan fingerprint density at radius 3 is 2.85 bits per heavy atom. The van der Waals surface area contributed by atoms with Crippen LogP contribution in [0.25, 0.3) is 0 Å². The molecule has 1 aliphatic rings. The van der Waals surface area contributed by atoms with Crippen LogP contribution in [0.4, 0.5) is 0 Å². The van der Waals surface area contributed by atoms with Gasteiger partial charge in [0.05, 0.1) is 7.11 Å². The number of aryl methyl sites for hydroxylation is 1. The minimum Gasteiger partial charge on any atom is -0.493 e. The molecule has 3 heteroatoms. The van der Waals surface area contributed by atoms with Gasteiger partial charge in [0.2, 0.25) is 0 Å². The third-order valence-corrected chi connectivity index (χ3v) is 4.21. The molecule has 2 rings (SSSR count). The Bertz CT molecular complexity index is 430. The van der Waals surface area contributed by atoms with E-state index < -0.39 is 0 Å². The highest BCUT2D eigenvalue weighted by Crippen LogP contribution is 2.43. The van der Waals surface area contributed by atoms with Gasteiger partial charge in [-0.2, -0.15) is 0 Å². The zero-order valence-electron chi connectivity index (χ0n) is 12.9. The van der Waals surface area contributed by atoms with Crippen molar-refractivity contribution in [3.63, 3.8) is 0 Å². The molecule has 0 bridgehead atoms. The van der Waals surface area contributed by atoms with Crippen molar-refractivity contribution in [1.29, 1.82) is 0 Å². The number of para-hydroxylation sites is 1. The van der Waals surface area contributed by atoms with E-state index in [1.807, 2.05) is 12.1 Å². The first kappa shape index (κ1) is 15.2. The van der Waals surface area contributed by atoms with Crippen LogP contribution in [0.3, 0.4) is 0 Å². The van der Waals surface area contributed by atoms with Crippen molar-refractivity contribution < 1.29 is 9.47 Å². The molecule has 0 spiro atoms. The monoisotopic (exact) mass is 277 g/mol. The summed E-state index contributed by atoms with van der Waals surface area (Å²) in [7, 11) is 1.71. The summed E-state index contributed by atoms with van der Waals surface area (Å²) in [4.78, 5) is 0. The number of benzene rings is 1. The van der Waals surface area contributed by atoms with Crippen molar-refractivity contribution in [3.8, 4) is 11.5 Å². The number of fused-ring (bicyclic) bond motifs is 1. The van der Waals surface area contributed by atoms with Gasteiger partial charge in [-0.05, 0) is 50.7 Å². The Kier molecular flexibility index (Phi) is 4.92. The second kappa shape index (κ2) is 6.49. The van der Waals surface area contributed by atoms with Gasteiger partial charge >= 0.3 is 0 Å². The van der Waals surface area contributed by atoms with Gasteiger partial charge in [-0.15, -0.1) is 0 Å². The van der Waals surface area contributed by atoms with Crippen LogP contribution < -0.4 is 15.2 Å². The standard InChI is InChI=1S/C17H27NO2/c1-4-10-17(11-8-13(2)18)12-9-14-6-5-7-15(19-3)16(14)20-17/h5-7,13H,4,8-12,18H2,1-3H3. The fraction of sp³-hybridized carbons (Fsp3) is 0.647. The van der Waals surface area contributed by atoms with Gasteiger partial charge in [0.1, 0.15) is 5.60 Å². The topological polar surface area (TPSA) is 44.5 Å². The van der Waals surface area contributed by atoms with Crippen LogP contribution >= 0.6 is 0 Å². The summed E-state index contributed by atoms with van der Waals surface area (Å²) < 4.78 is 11.9. The van der Waals surface area contributed by atoms with E-state index in [9.17, 15) is 0 Å². The Balaban J connectivity index is 2.24. The molecule has 3 nitrogen and oxygen atoms in total. The summed E-state index contributed by atoms with van der Waals surface area (Å²) in [6.45, 7) is 4.28. The van der Waals surface area contributed by atoms with Gasteiger partial charge in [0, 0.05) is 6.04 Å². The lowest BCUT2D eigenvalue weighted by Gasteiger charge is -2.40. The highest BCUT2D eigenvalue weighted by atomic mass is 16.5.